The number of hydrogen-bond donors (Lipinski definition) is 2. The average Bonchev–Trinajstić information content (AvgIpc) is 3.23. The number of ether oxygens (including phenoxy) is 1. The van der Waals surface area contributed by atoms with Gasteiger partial charge in [-0.3, -0.25) is 9.59 Å². The SMILES string of the molecule is COC(=O)c1c(NC(=O)C(=O)N/N=C\c2ccc(Cl)cc2Cl)sc2c1CCC2. The number of halogens is 2. The first-order chi connectivity index (χ1) is 13.4. The highest BCUT2D eigenvalue weighted by atomic mass is 35.5. The first-order valence-electron chi connectivity index (χ1n) is 8.23. The molecular weight excluding hydrogens is 425 g/mol. The van der Waals surface area contributed by atoms with Crippen LogP contribution in [0.25, 0.3) is 0 Å². The highest BCUT2D eigenvalue weighted by Crippen LogP contribution is 2.39. The lowest BCUT2D eigenvalue weighted by molar-refractivity contribution is -0.136. The van der Waals surface area contributed by atoms with E-state index in [9.17, 15) is 14.4 Å². The molecule has 7 nitrogen and oxygen atoms in total. The van der Waals surface area contributed by atoms with E-state index >= 15 is 0 Å². The number of hydrogen-bond acceptors (Lipinski definition) is 6. The van der Waals surface area contributed by atoms with E-state index in [1.165, 1.54) is 30.7 Å². The first kappa shape index (κ1) is 20.3. The fraction of sp³-hybridized carbons (Fsp3) is 0.222. The van der Waals surface area contributed by atoms with Crippen molar-refractivity contribution in [2.75, 3.05) is 12.4 Å². The summed E-state index contributed by atoms with van der Waals surface area (Å²) in [4.78, 5) is 37.3. The smallest absolute Gasteiger partial charge is 0.341 e. The molecular formula is C18H15Cl2N3O4S. The number of methoxy groups -OCH3 is 1. The van der Waals surface area contributed by atoms with Crippen molar-refractivity contribution in [1.29, 1.82) is 0 Å². The van der Waals surface area contributed by atoms with Gasteiger partial charge in [-0.2, -0.15) is 5.10 Å². The number of aryl methyl sites for hydroxylation is 1. The summed E-state index contributed by atoms with van der Waals surface area (Å²) < 4.78 is 4.81. The Hall–Kier alpha value is -2.42. The van der Waals surface area contributed by atoms with E-state index in [4.69, 9.17) is 27.9 Å². The van der Waals surface area contributed by atoms with Gasteiger partial charge < -0.3 is 10.1 Å². The molecule has 0 unspecified atom stereocenters. The van der Waals surface area contributed by atoms with Crippen LogP contribution < -0.4 is 10.7 Å². The van der Waals surface area contributed by atoms with Crippen LogP contribution in [0.5, 0.6) is 0 Å². The molecule has 2 aromatic rings. The van der Waals surface area contributed by atoms with Crippen LogP contribution in [0, 0.1) is 0 Å². The van der Waals surface area contributed by atoms with Gasteiger partial charge >= 0.3 is 17.8 Å². The molecule has 0 fully saturated rings. The van der Waals surface area contributed by atoms with Crippen LogP contribution in [-0.2, 0) is 27.2 Å². The molecule has 1 aromatic carbocycles. The van der Waals surface area contributed by atoms with Crippen LogP contribution in [0.15, 0.2) is 23.3 Å². The van der Waals surface area contributed by atoms with Crippen LogP contribution in [0.3, 0.4) is 0 Å². The van der Waals surface area contributed by atoms with Crippen LogP contribution in [0.1, 0.15) is 32.8 Å². The third-order valence-corrected chi connectivity index (χ3v) is 5.85. The maximum absolute atomic E-state index is 12.2. The van der Waals surface area contributed by atoms with Crippen molar-refractivity contribution in [1.82, 2.24) is 5.43 Å². The molecule has 0 bridgehead atoms. The van der Waals surface area contributed by atoms with Gasteiger partial charge in [-0.1, -0.05) is 29.3 Å². The molecule has 28 heavy (non-hydrogen) atoms. The normalized spacial score (nSPS) is 12.7. The standard InChI is InChI=1S/C18H15Cl2N3O4S/c1-27-18(26)14-11-3-2-4-13(11)28-17(14)22-15(24)16(25)23-21-8-9-5-6-10(19)7-12(9)20/h5-8H,2-4H2,1H3,(H,22,24)(H,23,25)/b21-8-. The third kappa shape index (κ3) is 4.35. The monoisotopic (exact) mass is 439 g/mol. The molecule has 1 aliphatic carbocycles. The zero-order valence-electron chi connectivity index (χ0n) is 14.7. The number of esters is 1. The zero-order valence-corrected chi connectivity index (χ0v) is 17.0. The van der Waals surface area contributed by atoms with Crippen molar-refractivity contribution in [2.45, 2.75) is 19.3 Å². The Bertz CT molecular complexity index is 987. The summed E-state index contributed by atoms with van der Waals surface area (Å²) in [5, 5.41) is 7.32. The van der Waals surface area contributed by atoms with Gasteiger partial charge in [-0.25, -0.2) is 10.2 Å². The highest BCUT2D eigenvalue weighted by molar-refractivity contribution is 7.17. The second-order valence-corrected chi connectivity index (χ2v) is 7.82. The van der Waals surface area contributed by atoms with Crippen molar-refractivity contribution in [3.8, 4) is 0 Å². The molecule has 146 valence electrons. The van der Waals surface area contributed by atoms with E-state index < -0.39 is 17.8 Å². The fourth-order valence-corrected chi connectivity index (χ4v) is 4.52. The van der Waals surface area contributed by atoms with Crippen molar-refractivity contribution in [3.63, 3.8) is 0 Å². The number of carbonyl (C=O) groups excluding carboxylic acids is 3. The fourth-order valence-electron chi connectivity index (χ4n) is 2.79. The number of nitrogens with one attached hydrogen (secondary N) is 2. The number of nitrogens with zero attached hydrogens (tertiary/aromatic N) is 1. The largest absolute Gasteiger partial charge is 0.465 e. The Balaban J connectivity index is 1.67. The van der Waals surface area contributed by atoms with Crippen molar-refractivity contribution in [3.05, 3.63) is 49.8 Å². The van der Waals surface area contributed by atoms with Gasteiger partial charge in [-0.05, 0) is 37.0 Å². The predicted octanol–water partition coefficient (Wildman–Crippen LogP) is 3.42. The van der Waals surface area contributed by atoms with Crippen LogP contribution in [0.2, 0.25) is 10.0 Å². The lowest BCUT2D eigenvalue weighted by atomic mass is 10.1. The van der Waals surface area contributed by atoms with Crippen molar-refractivity contribution < 1.29 is 19.1 Å². The summed E-state index contributed by atoms with van der Waals surface area (Å²) in [5.41, 5.74) is 3.84. The minimum Gasteiger partial charge on any atom is -0.465 e. The Labute approximate surface area is 174 Å². The second-order valence-electron chi connectivity index (χ2n) is 5.87. The number of fused-ring (bicyclic) bond motifs is 1. The summed E-state index contributed by atoms with van der Waals surface area (Å²) >= 11 is 13.1. The van der Waals surface area contributed by atoms with E-state index in [0.717, 1.165) is 29.7 Å². The minimum absolute atomic E-state index is 0.307. The molecule has 2 amide bonds. The van der Waals surface area contributed by atoms with Gasteiger partial charge in [0.1, 0.15) is 5.00 Å². The molecule has 0 saturated carbocycles. The quantitative estimate of drug-likeness (QED) is 0.330. The number of amides is 2. The Morgan fingerprint density at radius 3 is 2.71 bits per heavy atom. The van der Waals surface area contributed by atoms with E-state index in [1.54, 1.807) is 12.1 Å². The van der Waals surface area contributed by atoms with Gasteiger partial charge in [0, 0.05) is 15.5 Å². The molecule has 1 aliphatic rings. The molecule has 3 rings (SSSR count). The van der Waals surface area contributed by atoms with Gasteiger partial charge in [0.2, 0.25) is 0 Å². The first-order valence-corrected chi connectivity index (χ1v) is 9.80. The van der Waals surface area contributed by atoms with E-state index in [1.807, 2.05) is 0 Å². The molecule has 1 heterocycles. The average molecular weight is 440 g/mol. The summed E-state index contributed by atoms with van der Waals surface area (Å²) in [6, 6.07) is 4.77. The van der Waals surface area contributed by atoms with Gasteiger partial charge in [0.25, 0.3) is 0 Å². The third-order valence-electron chi connectivity index (χ3n) is 4.08. The van der Waals surface area contributed by atoms with E-state index in [0.29, 0.717) is 26.2 Å². The number of benzene rings is 1. The maximum Gasteiger partial charge on any atom is 0.341 e. The summed E-state index contributed by atoms with van der Waals surface area (Å²) in [5.74, 6) is -2.46. The number of carbonyl (C=O) groups is 3. The van der Waals surface area contributed by atoms with Crippen LogP contribution in [-0.4, -0.2) is 31.1 Å². The molecule has 0 spiro atoms. The number of rotatable bonds is 4. The summed E-state index contributed by atoms with van der Waals surface area (Å²) in [6.07, 6.45) is 3.81. The van der Waals surface area contributed by atoms with Crippen LogP contribution >= 0.6 is 34.5 Å². The summed E-state index contributed by atoms with van der Waals surface area (Å²) in [6.45, 7) is 0. The van der Waals surface area contributed by atoms with Gasteiger partial charge in [0.15, 0.2) is 0 Å². The lowest BCUT2D eigenvalue weighted by Gasteiger charge is -2.06. The second kappa shape index (κ2) is 8.72. The topological polar surface area (TPSA) is 96.9 Å². The molecule has 1 aromatic heterocycles. The number of anilines is 1. The van der Waals surface area contributed by atoms with E-state index in [2.05, 4.69) is 15.8 Å². The predicted molar refractivity (Wildman–Crippen MR) is 109 cm³/mol. The molecule has 2 N–H and O–H groups in total. The zero-order chi connectivity index (χ0) is 20.3. The van der Waals surface area contributed by atoms with E-state index in [-0.39, 0.29) is 0 Å². The highest BCUT2D eigenvalue weighted by Gasteiger charge is 2.29. The van der Waals surface area contributed by atoms with Crippen LogP contribution in [0.4, 0.5) is 5.00 Å². The van der Waals surface area contributed by atoms with Gasteiger partial charge in [0.05, 0.1) is 23.9 Å². The maximum atomic E-state index is 12.2. The lowest BCUT2D eigenvalue weighted by Crippen LogP contribution is -2.32. The Kier molecular flexibility index (Phi) is 6.33. The molecule has 0 atom stereocenters. The molecule has 0 saturated heterocycles. The minimum atomic E-state index is -0.981. The van der Waals surface area contributed by atoms with Crippen molar-refractivity contribution in [2.24, 2.45) is 5.10 Å². The molecule has 0 aliphatic heterocycles. The molecule has 0 radical (unpaired) electrons. The Morgan fingerprint density at radius 2 is 2.00 bits per heavy atom. The van der Waals surface area contributed by atoms with Crippen molar-refractivity contribution >= 4 is 63.5 Å². The number of thiophene rings is 1. The number of hydrazone groups is 1. The molecule has 10 heteroatoms. The van der Waals surface area contributed by atoms with Gasteiger partial charge in [-0.15, -0.1) is 11.3 Å². The summed E-state index contributed by atoms with van der Waals surface area (Å²) in [7, 11) is 1.27. The Morgan fingerprint density at radius 1 is 1.21 bits per heavy atom.